The van der Waals surface area contributed by atoms with Crippen LogP contribution in [0.1, 0.15) is 57.1 Å². The minimum atomic E-state index is -1.14. The minimum Gasteiger partial charge on any atom is -0.441 e. The first-order chi connectivity index (χ1) is 13.0. The van der Waals surface area contributed by atoms with Gasteiger partial charge < -0.3 is 19.6 Å². The Labute approximate surface area is 161 Å². The van der Waals surface area contributed by atoms with Crippen LogP contribution in [0.2, 0.25) is 0 Å². The van der Waals surface area contributed by atoms with E-state index in [4.69, 9.17) is 4.74 Å². The summed E-state index contributed by atoms with van der Waals surface area (Å²) in [7, 11) is 0. The smallest absolute Gasteiger partial charge is 0.410 e. The van der Waals surface area contributed by atoms with Crippen molar-refractivity contribution in [1.82, 2.24) is 9.80 Å². The van der Waals surface area contributed by atoms with Crippen molar-refractivity contribution in [2.45, 2.75) is 57.2 Å². The number of piperidine rings is 1. The molecule has 2 aliphatic heterocycles. The van der Waals surface area contributed by atoms with Gasteiger partial charge in [0.05, 0.1) is 6.54 Å². The lowest BCUT2D eigenvalue weighted by molar-refractivity contribution is -0.143. The molecule has 2 fully saturated rings. The van der Waals surface area contributed by atoms with Gasteiger partial charge in [0.2, 0.25) is 0 Å². The number of nitrogens with zero attached hydrogens (tertiary/aromatic N) is 2. The van der Waals surface area contributed by atoms with Gasteiger partial charge in [0.15, 0.2) is 6.10 Å². The molecular formula is C21H30N2O4. The fourth-order valence-electron chi connectivity index (χ4n) is 3.94. The van der Waals surface area contributed by atoms with E-state index in [0.29, 0.717) is 38.0 Å². The Morgan fingerprint density at radius 1 is 1.19 bits per heavy atom. The SMILES string of the molecule is CCCCCCN1CC2(CCN(C(=O)[C@H](O)c3ccccc3)CC2)OC1=O. The molecule has 1 N–H and O–H groups in total. The summed E-state index contributed by atoms with van der Waals surface area (Å²) in [6.45, 7) is 4.53. The minimum absolute atomic E-state index is 0.226. The highest BCUT2D eigenvalue weighted by Gasteiger charge is 2.47. The van der Waals surface area contributed by atoms with Crippen molar-refractivity contribution in [2.75, 3.05) is 26.2 Å². The summed E-state index contributed by atoms with van der Waals surface area (Å²) >= 11 is 0. The zero-order chi connectivity index (χ0) is 19.3. The van der Waals surface area contributed by atoms with Crippen LogP contribution in [0.5, 0.6) is 0 Å². The molecule has 0 unspecified atom stereocenters. The van der Waals surface area contributed by atoms with Gasteiger partial charge >= 0.3 is 6.09 Å². The average molecular weight is 374 g/mol. The number of rotatable bonds is 7. The molecule has 6 nitrogen and oxygen atoms in total. The largest absolute Gasteiger partial charge is 0.441 e. The number of aliphatic hydroxyl groups excluding tert-OH is 1. The highest BCUT2D eigenvalue weighted by atomic mass is 16.6. The molecule has 1 aromatic carbocycles. The van der Waals surface area contributed by atoms with Crippen molar-refractivity contribution in [2.24, 2.45) is 0 Å². The molecule has 1 atom stereocenters. The maximum absolute atomic E-state index is 12.6. The zero-order valence-corrected chi connectivity index (χ0v) is 16.1. The third-order valence-electron chi connectivity index (χ3n) is 5.66. The molecule has 0 aliphatic carbocycles. The summed E-state index contributed by atoms with van der Waals surface area (Å²) in [5, 5.41) is 10.3. The first-order valence-corrected chi connectivity index (χ1v) is 10.0. The molecule has 27 heavy (non-hydrogen) atoms. The van der Waals surface area contributed by atoms with Crippen molar-refractivity contribution in [1.29, 1.82) is 0 Å². The maximum atomic E-state index is 12.6. The Kier molecular flexibility index (Phi) is 6.37. The molecule has 0 saturated carbocycles. The first-order valence-electron chi connectivity index (χ1n) is 10.0. The lowest BCUT2D eigenvalue weighted by atomic mass is 9.90. The second kappa shape index (κ2) is 8.74. The van der Waals surface area contributed by atoms with Crippen LogP contribution in [0.25, 0.3) is 0 Å². The predicted octanol–water partition coefficient (Wildman–Crippen LogP) is 3.11. The molecule has 0 aromatic heterocycles. The molecule has 1 aromatic rings. The zero-order valence-electron chi connectivity index (χ0n) is 16.1. The molecule has 2 heterocycles. The van der Waals surface area contributed by atoms with Gasteiger partial charge in [-0.25, -0.2) is 4.79 Å². The van der Waals surface area contributed by atoms with Gasteiger partial charge in [0.25, 0.3) is 5.91 Å². The molecule has 2 amide bonds. The average Bonchev–Trinajstić information content (AvgIpc) is 3.00. The topological polar surface area (TPSA) is 70.1 Å². The summed E-state index contributed by atoms with van der Waals surface area (Å²) in [4.78, 5) is 28.3. The van der Waals surface area contributed by atoms with E-state index in [0.717, 1.165) is 19.4 Å². The molecule has 1 spiro atoms. The van der Waals surface area contributed by atoms with Gasteiger partial charge in [-0.15, -0.1) is 0 Å². The van der Waals surface area contributed by atoms with Crippen LogP contribution in [0.15, 0.2) is 30.3 Å². The Bertz CT molecular complexity index is 641. The fourth-order valence-corrected chi connectivity index (χ4v) is 3.94. The van der Waals surface area contributed by atoms with Crippen molar-refractivity contribution in [3.8, 4) is 0 Å². The number of carbonyl (C=O) groups excluding carboxylic acids is 2. The van der Waals surface area contributed by atoms with E-state index >= 15 is 0 Å². The molecule has 2 aliphatic rings. The Hall–Kier alpha value is -2.08. The molecule has 6 heteroatoms. The molecule has 0 radical (unpaired) electrons. The molecule has 0 bridgehead atoms. The number of aliphatic hydroxyl groups is 1. The predicted molar refractivity (Wildman–Crippen MR) is 102 cm³/mol. The van der Waals surface area contributed by atoms with Crippen LogP contribution in [0.3, 0.4) is 0 Å². The molecular weight excluding hydrogens is 344 g/mol. The fraction of sp³-hybridized carbons (Fsp3) is 0.619. The normalized spacial score (nSPS) is 20.0. The molecule has 148 valence electrons. The maximum Gasteiger partial charge on any atom is 0.410 e. The lowest BCUT2D eigenvalue weighted by Gasteiger charge is -2.38. The number of hydrogen-bond donors (Lipinski definition) is 1. The van der Waals surface area contributed by atoms with E-state index in [9.17, 15) is 14.7 Å². The van der Waals surface area contributed by atoms with E-state index in [2.05, 4.69) is 6.92 Å². The van der Waals surface area contributed by atoms with Crippen molar-refractivity contribution in [3.05, 3.63) is 35.9 Å². The van der Waals surface area contributed by atoms with Gasteiger partial charge in [-0.2, -0.15) is 0 Å². The quantitative estimate of drug-likeness (QED) is 0.745. The lowest BCUT2D eigenvalue weighted by Crippen LogP contribution is -2.49. The Balaban J connectivity index is 1.51. The van der Waals surface area contributed by atoms with E-state index in [-0.39, 0.29) is 12.0 Å². The van der Waals surface area contributed by atoms with Gasteiger partial charge in [0.1, 0.15) is 5.60 Å². The second-order valence-corrected chi connectivity index (χ2v) is 7.67. The van der Waals surface area contributed by atoms with Gasteiger partial charge in [-0.05, 0) is 12.0 Å². The van der Waals surface area contributed by atoms with Gasteiger partial charge in [-0.3, -0.25) is 4.79 Å². The summed E-state index contributed by atoms with van der Waals surface area (Å²) in [5.74, 6) is -0.281. The van der Waals surface area contributed by atoms with Crippen LogP contribution < -0.4 is 0 Å². The third-order valence-corrected chi connectivity index (χ3v) is 5.66. The van der Waals surface area contributed by atoms with Crippen molar-refractivity contribution in [3.63, 3.8) is 0 Å². The number of ether oxygens (including phenoxy) is 1. The van der Waals surface area contributed by atoms with Crippen LogP contribution in [-0.4, -0.2) is 58.7 Å². The number of carbonyl (C=O) groups is 2. The number of hydrogen-bond acceptors (Lipinski definition) is 4. The highest BCUT2D eigenvalue weighted by molar-refractivity contribution is 5.82. The summed E-state index contributed by atoms with van der Waals surface area (Å²) < 4.78 is 5.72. The van der Waals surface area contributed by atoms with Gasteiger partial charge in [0, 0.05) is 32.5 Å². The standard InChI is InChI=1S/C21H30N2O4/c1-2-3-4-8-13-23-16-21(27-20(23)26)11-14-22(15-12-21)19(25)18(24)17-9-6-5-7-10-17/h5-7,9-10,18,24H,2-4,8,11-16H2,1H3/t18-/m1/s1. The monoisotopic (exact) mass is 374 g/mol. The van der Waals surface area contributed by atoms with E-state index in [1.54, 1.807) is 17.0 Å². The Morgan fingerprint density at radius 3 is 2.56 bits per heavy atom. The van der Waals surface area contributed by atoms with Crippen LogP contribution in [0.4, 0.5) is 4.79 Å². The van der Waals surface area contributed by atoms with Crippen LogP contribution in [0, 0.1) is 0 Å². The first kappa shape index (κ1) is 19.7. The highest BCUT2D eigenvalue weighted by Crippen LogP contribution is 2.34. The summed E-state index contributed by atoms with van der Waals surface area (Å²) in [6.07, 6.45) is 4.38. The number of likely N-dealkylation sites (tertiary alicyclic amines) is 1. The van der Waals surface area contributed by atoms with E-state index in [1.165, 1.54) is 12.8 Å². The number of unbranched alkanes of at least 4 members (excludes halogenated alkanes) is 3. The second-order valence-electron chi connectivity index (χ2n) is 7.67. The van der Waals surface area contributed by atoms with E-state index in [1.807, 2.05) is 23.1 Å². The molecule has 2 saturated heterocycles. The third kappa shape index (κ3) is 4.61. The van der Waals surface area contributed by atoms with Crippen LogP contribution >= 0.6 is 0 Å². The molecule has 3 rings (SSSR count). The number of amides is 2. The van der Waals surface area contributed by atoms with Crippen molar-refractivity contribution < 1.29 is 19.4 Å². The summed E-state index contributed by atoms with van der Waals surface area (Å²) in [6, 6.07) is 8.98. The number of benzene rings is 1. The van der Waals surface area contributed by atoms with Gasteiger partial charge in [-0.1, -0.05) is 56.5 Å². The van der Waals surface area contributed by atoms with E-state index < -0.39 is 11.7 Å². The van der Waals surface area contributed by atoms with Crippen LogP contribution in [-0.2, 0) is 9.53 Å². The summed E-state index contributed by atoms with van der Waals surface area (Å²) in [5.41, 5.74) is 0.129. The Morgan fingerprint density at radius 2 is 1.89 bits per heavy atom. The van der Waals surface area contributed by atoms with Crippen molar-refractivity contribution >= 4 is 12.0 Å².